The zero-order valence-electron chi connectivity index (χ0n) is 14.1. The summed E-state index contributed by atoms with van der Waals surface area (Å²) < 4.78 is 35.7. The molecule has 148 valence electrons. The van der Waals surface area contributed by atoms with Crippen LogP contribution in [-0.4, -0.2) is 58.3 Å². The van der Waals surface area contributed by atoms with E-state index in [0.29, 0.717) is 41.5 Å². The predicted octanol–water partition coefficient (Wildman–Crippen LogP) is 0.994. The lowest BCUT2D eigenvalue weighted by Crippen LogP contribution is -2.51. The molecule has 4 N–H and O–H groups in total. The number of halogens is 1. The fourth-order valence-corrected chi connectivity index (χ4v) is 3.44. The molecule has 2 aromatic rings. The Hall–Kier alpha value is -1.89. The van der Waals surface area contributed by atoms with E-state index in [0.717, 1.165) is 0 Å². The summed E-state index contributed by atoms with van der Waals surface area (Å²) in [5.41, 5.74) is 1.82. The van der Waals surface area contributed by atoms with Gasteiger partial charge in [-0.3, -0.25) is 4.55 Å². The fourth-order valence-electron chi connectivity index (χ4n) is 2.85. The molecule has 0 radical (unpaired) electrons. The van der Waals surface area contributed by atoms with Gasteiger partial charge in [-0.25, -0.2) is 9.17 Å². The second-order valence-electron chi connectivity index (χ2n) is 5.94. The first kappa shape index (κ1) is 19.9. The molecule has 0 fully saturated rings. The maximum absolute atomic E-state index is 10.6. The Kier molecular flexibility index (Phi) is 5.89. The second-order valence-corrected chi connectivity index (χ2v) is 7.44. The molecule has 12 heteroatoms. The Morgan fingerprint density at radius 3 is 2.70 bits per heavy atom. The van der Waals surface area contributed by atoms with Gasteiger partial charge in [-0.05, 0) is 25.0 Å². The lowest BCUT2D eigenvalue weighted by atomic mass is 10.1. The number of hydrogen-bond acceptors (Lipinski definition) is 8. The Morgan fingerprint density at radius 1 is 1.26 bits per heavy atom. The van der Waals surface area contributed by atoms with Crippen molar-refractivity contribution in [2.24, 2.45) is 0 Å². The summed E-state index contributed by atoms with van der Waals surface area (Å²) in [4.78, 5) is 5.57. The summed E-state index contributed by atoms with van der Waals surface area (Å²) in [6, 6.07) is 3.41. The first-order valence-corrected chi connectivity index (χ1v) is 9.83. The molecule has 2 unspecified atom stereocenters. The van der Waals surface area contributed by atoms with E-state index in [-0.39, 0.29) is 6.61 Å². The number of fused-ring (bicyclic) bond motifs is 1. The number of rotatable bonds is 7. The summed E-state index contributed by atoms with van der Waals surface area (Å²) in [7, 11) is -4.47. The van der Waals surface area contributed by atoms with Gasteiger partial charge in [0.05, 0.1) is 35.0 Å². The number of nitrogens with zero attached hydrogens (tertiary/aromatic N) is 3. The normalized spacial score (nSPS) is 19.6. The van der Waals surface area contributed by atoms with Crippen LogP contribution in [0.1, 0.15) is 12.8 Å². The van der Waals surface area contributed by atoms with Crippen LogP contribution < -0.4 is 10.2 Å². The van der Waals surface area contributed by atoms with Gasteiger partial charge in [-0.1, -0.05) is 11.6 Å². The molecular formula is C15H19ClN4O6S. The average Bonchev–Trinajstić information content (AvgIpc) is 3.10. The molecule has 1 aliphatic heterocycles. The van der Waals surface area contributed by atoms with E-state index in [9.17, 15) is 18.6 Å². The van der Waals surface area contributed by atoms with Gasteiger partial charge in [0.1, 0.15) is 0 Å². The molecule has 2 atom stereocenters. The number of aliphatic hydroxyl groups is 2. The van der Waals surface area contributed by atoms with Crippen LogP contribution in [0.5, 0.6) is 0 Å². The van der Waals surface area contributed by atoms with Crippen molar-refractivity contribution in [1.29, 1.82) is 0 Å². The molecule has 3 rings (SSSR count). The zero-order chi connectivity index (χ0) is 19.6. The van der Waals surface area contributed by atoms with Crippen molar-refractivity contribution in [3.63, 3.8) is 0 Å². The number of aromatic nitrogens is 2. The molecule has 27 heavy (non-hydrogen) atoms. The number of anilines is 2. The third-order valence-corrected chi connectivity index (χ3v) is 4.86. The van der Waals surface area contributed by atoms with Crippen molar-refractivity contribution >= 4 is 33.4 Å². The molecule has 0 saturated heterocycles. The van der Waals surface area contributed by atoms with E-state index >= 15 is 0 Å². The molecule has 1 aromatic heterocycles. The number of hydrogen-bond donors (Lipinski definition) is 4. The van der Waals surface area contributed by atoms with E-state index in [1.165, 1.54) is 0 Å². The molecular weight excluding hydrogens is 400 g/mol. The fraction of sp³-hybridized carbons (Fsp3) is 0.400. The van der Waals surface area contributed by atoms with Crippen LogP contribution in [0.2, 0.25) is 5.02 Å². The Balaban J connectivity index is 1.79. The maximum Gasteiger partial charge on any atom is 0.397 e. The third kappa shape index (κ3) is 4.69. The largest absolute Gasteiger partial charge is 0.397 e. The van der Waals surface area contributed by atoms with Gasteiger partial charge in [0.2, 0.25) is 0 Å². The van der Waals surface area contributed by atoms with E-state index < -0.39 is 22.9 Å². The number of unbranched alkanes of at least 4 members (excludes halogenated alkanes) is 1. The van der Waals surface area contributed by atoms with E-state index in [1.807, 2.05) is 0 Å². The SMILES string of the molecule is O=S(=O)(O)OCCCCN1c2cc(-n3ccnc3)c(Cl)cc2NC(O)C1O. The molecule has 0 spiro atoms. The van der Waals surface area contributed by atoms with Gasteiger partial charge >= 0.3 is 10.4 Å². The highest BCUT2D eigenvalue weighted by Gasteiger charge is 2.32. The number of aliphatic hydroxyl groups excluding tert-OH is 2. The highest BCUT2D eigenvalue weighted by Crippen LogP contribution is 2.38. The molecule has 0 saturated carbocycles. The van der Waals surface area contributed by atoms with Crippen molar-refractivity contribution in [2.75, 3.05) is 23.4 Å². The Bertz CT molecular complexity index is 892. The summed E-state index contributed by atoms with van der Waals surface area (Å²) in [6.07, 6.45) is 3.27. The van der Waals surface area contributed by atoms with Gasteiger partial charge in [-0.15, -0.1) is 0 Å². The average molecular weight is 419 g/mol. The molecule has 2 heterocycles. The van der Waals surface area contributed by atoms with Crippen molar-refractivity contribution in [1.82, 2.24) is 9.55 Å². The van der Waals surface area contributed by atoms with Crippen molar-refractivity contribution < 1.29 is 27.4 Å². The Labute approximate surface area is 160 Å². The topological polar surface area (TPSA) is 137 Å². The number of imidazole rings is 1. The first-order chi connectivity index (χ1) is 12.8. The van der Waals surface area contributed by atoms with Crippen molar-refractivity contribution in [3.05, 3.63) is 35.9 Å². The maximum atomic E-state index is 10.6. The van der Waals surface area contributed by atoms with Gasteiger partial charge < -0.3 is 25.0 Å². The summed E-state index contributed by atoms with van der Waals surface area (Å²) >= 11 is 6.32. The summed E-state index contributed by atoms with van der Waals surface area (Å²) in [5.74, 6) is 0. The molecule has 10 nitrogen and oxygen atoms in total. The van der Waals surface area contributed by atoms with Crippen LogP contribution >= 0.6 is 11.6 Å². The van der Waals surface area contributed by atoms with Gasteiger partial charge in [-0.2, -0.15) is 8.42 Å². The summed E-state index contributed by atoms with van der Waals surface area (Å²) in [5, 5.41) is 23.6. The van der Waals surface area contributed by atoms with Crippen LogP contribution in [0.15, 0.2) is 30.9 Å². The third-order valence-electron chi connectivity index (χ3n) is 4.09. The van der Waals surface area contributed by atoms with Crippen LogP contribution in [0.4, 0.5) is 11.4 Å². The van der Waals surface area contributed by atoms with Gasteiger partial charge in [0, 0.05) is 18.9 Å². The molecule has 1 aromatic carbocycles. The highest BCUT2D eigenvalue weighted by atomic mass is 35.5. The quantitative estimate of drug-likeness (QED) is 0.383. The Morgan fingerprint density at radius 2 is 2.04 bits per heavy atom. The highest BCUT2D eigenvalue weighted by molar-refractivity contribution is 7.80. The smallest absolute Gasteiger partial charge is 0.369 e. The van der Waals surface area contributed by atoms with Crippen LogP contribution in [0, 0.1) is 0 Å². The van der Waals surface area contributed by atoms with Crippen LogP contribution in [0.3, 0.4) is 0 Å². The zero-order valence-corrected chi connectivity index (χ0v) is 15.6. The van der Waals surface area contributed by atoms with E-state index in [1.54, 1.807) is 40.3 Å². The first-order valence-electron chi connectivity index (χ1n) is 8.09. The molecule has 0 aliphatic carbocycles. The molecule has 0 bridgehead atoms. The predicted molar refractivity (Wildman–Crippen MR) is 98.3 cm³/mol. The lowest BCUT2D eigenvalue weighted by Gasteiger charge is -2.40. The summed E-state index contributed by atoms with van der Waals surface area (Å²) in [6.45, 7) is 0.129. The van der Waals surface area contributed by atoms with Crippen LogP contribution in [-0.2, 0) is 14.6 Å². The van der Waals surface area contributed by atoms with Crippen molar-refractivity contribution in [2.45, 2.75) is 25.3 Å². The van der Waals surface area contributed by atoms with E-state index in [2.05, 4.69) is 14.5 Å². The minimum absolute atomic E-state index is 0.183. The van der Waals surface area contributed by atoms with Crippen LogP contribution in [0.25, 0.3) is 5.69 Å². The number of benzene rings is 1. The van der Waals surface area contributed by atoms with Crippen molar-refractivity contribution in [3.8, 4) is 5.69 Å². The second kappa shape index (κ2) is 8.00. The van der Waals surface area contributed by atoms with E-state index in [4.69, 9.17) is 16.2 Å². The standard InChI is InChI=1S/C15H19ClN4O6S/c16-10-7-11-13(8-12(10)19-5-3-17-9-19)20(15(22)14(21)18-11)4-1-2-6-26-27(23,24)25/h3,5,7-9,14-15,18,21-22H,1-2,4,6H2,(H,23,24,25). The number of nitrogens with one attached hydrogen (secondary N) is 1. The minimum Gasteiger partial charge on any atom is -0.369 e. The monoisotopic (exact) mass is 418 g/mol. The lowest BCUT2D eigenvalue weighted by molar-refractivity contribution is 0.0309. The molecule has 0 amide bonds. The van der Waals surface area contributed by atoms with Gasteiger partial charge in [0.15, 0.2) is 12.5 Å². The van der Waals surface area contributed by atoms with Gasteiger partial charge in [0.25, 0.3) is 0 Å². The molecule has 1 aliphatic rings. The minimum atomic E-state index is -4.47.